The molecule has 2 aromatic heterocycles. The highest BCUT2D eigenvalue weighted by molar-refractivity contribution is 7.91. The molecule has 0 radical (unpaired) electrons. The van der Waals surface area contributed by atoms with Crippen LogP contribution >= 0.6 is 0 Å². The Morgan fingerprint density at radius 3 is 2.52 bits per heavy atom. The van der Waals surface area contributed by atoms with E-state index < -0.39 is 15.8 Å². The van der Waals surface area contributed by atoms with Crippen molar-refractivity contribution in [2.75, 3.05) is 10.0 Å². The average Bonchev–Trinajstić information content (AvgIpc) is 2.92. The van der Waals surface area contributed by atoms with E-state index in [1.54, 1.807) is 61.8 Å². The fraction of sp³-hybridized carbons (Fsp3) is 0.276. The molecule has 0 spiro atoms. The van der Waals surface area contributed by atoms with Gasteiger partial charge in [-0.2, -0.15) is 0 Å². The number of aromatic nitrogens is 3. The number of benzene rings is 2. The van der Waals surface area contributed by atoms with Crippen molar-refractivity contribution in [3.05, 3.63) is 90.0 Å². The largest absolute Gasteiger partial charge is 0.435 e. The first-order chi connectivity index (χ1) is 19.3. The minimum Gasteiger partial charge on any atom is -0.435 e. The second-order valence-electron chi connectivity index (χ2n) is 9.93. The van der Waals surface area contributed by atoms with Crippen LogP contribution in [0.15, 0.2) is 73.1 Å². The van der Waals surface area contributed by atoms with Crippen LogP contribution in [-0.4, -0.2) is 35.5 Å². The lowest BCUT2D eigenvalue weighted by molar-refractivity contribution is 0.410. The number of aryl methyl sites for hydroxylation is 1. The maximum absolute atomic E-state index is 15.3. The van der Waals surface area contributed by atoms with Crippen LogP contribution < -0.4 is 20.5 Å². The van der Waals surface area contributed by atoms with E-state index in [4.69, 9.17) is 10.5 Å². The molecule has 1 aliphatic carbocycles. The molecule has 2 aromatic carbocycles. The molecule has 1 aliphatic rings. The predicted octanol–water partition coefficient (Wildman–Crippen LogP) is 5.40. The van der Waals surface area contributed by atoms with Gasteiger partial charge in [-0.15, -0.1) is 0 Å². The maximum Gasteiger partial charge on any atom is 0.236 e. The lowest BCUT2D eigenvalue weighted by Gasteiger charge is -2.26. The maximum atomic E-state index is 15.3. The molecule has 4 aromatic rings. The number of hydrogen-bond donors (Lipinski definition) is 3. The molecule has 0 bridgehead atoms. The van der Waals surface area contributed by atoms with Crippen LogP contribution in [-0.2, 0) is 15.8 Å². The number of sulfonamides is 1. The van der Waals surface area contributed by atoms with Gasteiger partial charge >= 0.3 is 0 Å². The van der Waals surface area contributed by atoms with E-state index in [1.807, 2.05) is 6.07 Å². The molecule has 4 N–H and O–H groups in total. The van der Waals surface area contributed by atoms with E-state index in [0.717, 1.165) is 31.7 Å². The summed E-state index contributed by atoms with van der Waals surface area (Å²) in [5, 5.41) is 3.38. The highest BCUT2D eigenvalue weighted by Gasteiger charge is 2.21. The first kappa shape index (κ1) is 27.5. The molecule has 0 unspecified atom stereocenters. The van der Waals surface area contributed by atoms with Gasteiger partial charge in [0.25, 0.3) is 0 Å². The third-order valence-electron chi connectivity index (χ3n) is 6.71. The monoisotopic (exact) mass is 562 g/mol. The van der Waals surface area contributed by atoms with Crippen molar-refractivity contribution < 1.29 is 17.5 Å². The van der Waals surface area contributed by atoms with Gasteiger partial charge in [0, 0.05) is 30.5 Å². The number of rotatable bonds is 9. The number of anilines is 2. The van der Waals surface area contributed by atoms with Crippen LogP contribution in [0.25, 0.3) is 11.3 Å². The summed E-state index contributed by atoms with van der Waals surface area (Å²) in [4.78, 5) is 13.3. The van der Waals surface area contributed by atoms with Crippen molar-refractivity contribution in [3.63, 3.8) is 0 Å². The molecule has 208 valence electrons. The van der Waals surface area contributed by atoms with E-state index in [0.29, 0.717) is 28.3 Å². The molecule has 40 heavy (non-hydrogen) atoms. The SMILES string of the molecule is Cc1cc(NS(=O)(=O)Cc2ccccc2)cc(F)c1Oc1ncccc1-c1ccnc(NC2CCC(N)CC2)n1. The molecule has 1 fully saturated rings. The fourth-order valence-corrected chi connectivity index (χ4v) is 5.90. The van der Waals surface area contributed by atoms with Gasteiger partial charge in [-0.3, -0.25) is 4.72 Å². The molecule has 1 saturated carbocycles. The molecule has 0 aliphatic heterocycles. The van der Waals surface area contributed by atoms with Crippen LogP contribution in [0.4, 0.5) is 16.0 Å². The number of pyridine rings is 1. The van der Waals surface area contributed by atoms with Crippen LogP contribution in [0.5, 0.6) is 11.6 Å². The smallest absolute Gasteiger partial charge is 0.236 e. The Labute approximate surface area is 233 Å². The van der Waals surface area contributed by atoms with Crippen molar-refractivity contribution in [3.8, 4) is 22.9 Å². The van der Waals surface area contributed by atoms with Gasteiger partial charge in [0.15, 0.2) is 11.6 Å². The molecule has 5 rings (SSSR count). The lowest BCUT2D eigenvalue weighted by atomic mass is 9.92. The van der Waals surface area contributed by atoms with Gasteiger partial charge < -0.3 is 15.8 Å². The third kappa shape index (κ3) is 6.91. The lowest BCUT2D eigenvalue weighted by Crippen LogP contribution is -2.33. The fourth-order valence-electron chi connectivity index (χ4n) is 4.72. The van der Waals surface area contributed by atoms with Crippen molar-refractivity contribution in [2.45, 2.75) is 50.4 Å². The summed E-state index contributed by atoms with van der Waals surface area (Å²) in [6.45, 7) is 1.64. The summed E-state index contributed by atoms with van der Waals surface area (Å²) in [5.74, 6) is -0.363. The molecular formula is C29H31FN6O3S. The van der Waals surface area contributed by atoms with Gasteiger partial charge in [-0.25, -0.2) is 27.8 Å². The Hall–Kier alpha value is -4.09. The number of halogens is 1. The highest BCUT2D eigenvalue weighted by Crippen LogP contribution is 2.35. The molecule has 0 atom stereocenters. The third-order valence-corrected chi connectivity index (χ3v) is 7.97. The Bertz CT molecular complexity index is 1550. The van der Waals surface area contributed by atoms with E-state index in [-0.39, 0.29) is 35.2 Å². The van der Waals surface area contributed by atoms with Crippen LogP contribution in [0.2, 0.25) is 0 Å². The molecule has 11 heteroatoms. The quantitative estimate of drug-likeness (QED) is 0.247. The summed E-state index contributed by atoms with van der Waals surface area (Å²) in [6.07, 6.45) is 7.01. The zero-order valence-electron chi connectivity index (χ0n) is 22.0. The van der Waals surface area contributed by atoms with E-state index in [1.165, 1.54) is 6.07 Å². The van der Waals surface area contributed by atoms with Crippen LogP contribution in [0, 0.1) is 12.7 Å². The molecule has 2 heterocycles. The first-order valence-electron chi connectivity index (χ1n) is 13.1. The summed E-state index contributed by atoms with van der Waals surface area (Å²) >= 11 is 0. The Morgan fingerprint density at radius 2 is 1.77 bits per heavy atom. The molecule has 0 amide bonds. The van der Waals surface area contributed by atoms with E-state index in [9.17, 15) is 8.42 Å². The Kier molecular flexibility index (Phi) is 8.22. The van der Waals surface area contributed by atoms with Gasteiger partial charge in [0.1, 0.15) is 0 Å². The second-order valence-corrected chi connectivity index (χ2v) is 11.7. The molecule has 9 nitrogen and oxygen atoms in total. The Balaban J connectivity index is 1.34. The van der Waals surface area contributed by atoms with Crippen molar-refractivity contribution in [1.82, 2.24) is 15.0 Å². The number of ether oxygens (including phenoxy) is 1. The van der Waals surface area contributed by atoms with Gasteiger partial charge in [-0.05, 0) is 68.0 Å². The molecule has 0 saturated heterocycles. The van der Waals surface area contributed by atoms with Crippen molar-refractivity contribution in [2.24, 2.45) is 5.73 Å². The zero-order chi connectivity index (χ0) is 28.1. The minimum absolute atomic E-state index is 0.0584. The second kappa shape index (κ2) is 12.0. The number of nitrogens with zero attached hydrogens (tertiary/aromatic N) is 3. The van der Waals surface area contributed by atoms with E-state index in [2.05, 4.69) is 25.0 Å². The van der Waals surface area contributed by atoms with Gasteiger partial charge in [0.2, 0.25) is 21.9 Å². The van der Waals surface area contributed by atoms with Crippen molar-refractivity contribution >= 4 is 21.7 Å². The summed E-state index contributed by atoms with van der Waals surface area (Å²) in [6, 6.07) is 17.1. The summed E-state index contributed by atoms with van der Waals surface area (Å²) in [5.41, 5.74) is 8.27. The predicted molar refractivity (Wildman–Crippen MR) is 153 cm³/mol. The number of nitrogens with two attached hydrogens (primary N) is 1. The topological polar surface area (TPSA) is 132 Å². The van der Waals surface area contributed by atoms with Gasteiger partial charge in [0.05, 0.1) is 22.7 Å². The normalized spacial score (nSPS) is 17.3. The first-order valence-corrected chi connectivity index (χ1v) is 14.7. The van der Waals surface area contributed by atoms with Crippen LogP contribution in [0.1, 0.15) is 36.8 Å². The number of nitrogens with one attached hydrogen (secondary N) is 2. The minimum atomic E-state index is -3.75. The summed E-state index contributed by atoms with van der Waals surface area (Å²) < 4.78 is 48.9. The zero-order valence-corrected chi connectivity index (χ0v) is 22.9. The average molecular weight is 563 g/mol. The summed E-state index contributed by atoms with van der Waals surface area (Å²) in [7, 11) is -3.75. The number of hydrogen-bond acceptors (Lipinski definition) is 8. The van der Waals surface area contributed by atoms with E-state index >= 15 is 4.39 Å². The van der Waals surface area contributed by atoms with Gasteiger partial charge in [-0.1, -0.05) is 30.3 Å². The van der Waals surface area contributed by atoms with Crippen molar-refractivity contribution in [1.29, 1.82) is 0 Å². The molecular weight excluding hydrogens is 531 g/mol. The standard InChI is InChI=1S/C29H31FN6O3S/c1-19-16-23(36-40(37,38)18-20-6-3-2-4-7-20)17-25(30)27(19)39-28-24(8-5-14-32-28)26-13-15-33-29(35-26)34-22-11-9-21(31)10-12-22/h2-8,13-17,21-22,36H,9-12,18,31H2,1H3,(H,33,34,35). The Morgan fingerprint density at radius 1 is 1.00 bits per heavy atom. The highest BCUT2D eigenvalue weighted by atomic mass is 32.2. The van der Waals surface area contributed by atoms with Crippen LogP contribution in [0.3, 0.4) is 0 Å².